The lowest BCUT2D eigenvalue weighted by atomic mass is 9.95. The van der Waals surface area contributed by atoms with E-state index >= 15 is 0 Å². The van der Waals surface area contributed by atoms with Gasteiger partial charge in [-0.2, -0.15) is 0 Å². The zero-order valence-corrected chi connectivity index (χ0v) is 10.2. The Kier molecular flexibility index (Phi) is 5.22. The Morgan fingerprint density at radius 2 is 2.12 bits per heavy atom. The second-order valence-electron chi connectivity index (χ2n) is 4.80. The Labute approximate surface area is 97.3 Å². The van der Waals surface area contributed by atoms with E-state index in [4.69, 9.17) is 5.11 Å². The van der Waals surface area contributed by atoms with E-state index in [2.05, 4.69) is 4.90 Å². The van der Waals surface area contributed by atoms with Gasteiger partial charge in [0.2, 0.25) is 0 Å². The van der Waals surface area contributed by atoms with Gasteiger partial charge < -0.3 is 10.2 Å². The molecule has 1 aliphatic rings. The maximum atomic E-state index is 10.6. The largest absolute Gasteiger partial charge is 0.481 e. The first kappa shape index (κ1) is 13.5. The van der Waals surface area contributed by atoms with Crippen molar-refractivity contribution in [2.24, 2.45) is 0 Å². The number of aliphatic carboxylic acids is 1. The van der Waals surface area contributed by atoms with Crippen LogP contribution in [0.5, 0.6) is 0 Å². The molecule has 4 nitrogen and oxygen atoms in total. The van der Waals surface area contributed by atoms with Gasteiger partial charge >= 0.3 is 5.97 Å². The molecule has 0 aromatic rings. The fourth-order valence-corrected chi connectivity index (χ4v) is 2.44. The fraction of sp³-hybridized carbons (Fsp3) is 0.917. The van der Waals surface area contributed by atoms with E-state index in [0.717, 1.165) is 19.4 Å². The minimum absolute atomic E-state index is 0.124. The summed E-state index contributed by atoms with van der Waals surface area (Å²) in [6.07, 6.45) is 3.96. The second-order valence-corrected chi connectivity index (χ2v) is 4.80. The van der Waals surface area contributed by atoms with Crippen LogP contribution in [0.15, 0.2) is 0 Å². The van der Waals surface area contributed by atoms with Crippen molar-refractivity contribution in [3.05, 3.63) is 0 Å². The normalized spacial score (nSPS) is 26.3. The monoisotopic (exact) mass is 229 g/mol. The third-order valence-electron chi connectivity index (χ3n) is 3.59. The predicted octanol–water partition coefficient (Wildman–Crippen LogP) is 1.47. The van der Waals surface area contributed by atoms with E-state index in [-0.39, 0.29) is 18.6 Å². The number of likely N-dealkylation sites (tertiary alicyclic amines) is 1. The summed E-state index contributed by atoms with van der Waals surface area (Å²) in [6.45, 7) is 4.80. The van der Waals surface area contributed by atoms with Gasteiger partial charge in [0.15, 0.2) is 0 Å². The molecule has 0 saturated carbocycles. The van der Waals surface area contributed by atoms with Gasteiger partial charge in [-0.15, -0.1) is 0 Å². The van der Waals surface area contributed by atoms with Crippen LogP contribution in [-0.4, -0.2) is 45.8 Å². The number of carboxylic acid groups (broad SMARTS) is 1. The van der Waals surface area contributed by atoms with Gasteiger partial charge in [-0.1, -0.05) is 6.42 Å². The Morgan fingerprint density at radius 1 is 1.44 bits per heavy atom. The summed E-state index contributed by atoms with van der Waals surface area (Å²) in [5.41, 5.74) is 0. The van der Waals surface area contributed by atoms with Crippen LogP contribution in [0, 0.1) is 0 Å². The van der Waals surface area contributed by atoms with E-state index < -0.39 is 5.97 Å². The quantitative estimate of drug-likeness (QED) is 0.749. The SMILES string of the molecule is CC(O)C(C)N1CCCCC1CCC(=O)O. The molecule has 0 aromatic carbocycles. The summed E-state index contributed by atoms with van der Waals surface area (Å²) in [5.74, 6) is -0.727. The van der Waals surface area contributed by atoms with Crippen LogP contribution >= 0.6 is 0 Å². The number of carboxylic acids is 1. The molecule has 0 aromatic heterocycles. The highest BCUT2D eigenvalue weighted by molar-refractivity contribution is 5.66. The third kappa shape index (κ3) is 3.76. The molecule has 1 rings (SSSR count). The topological polar surface area (TPSA) is 60.8 Å². The smallest absolute Gasteiger partial charge is 0.303 e. The molecule has 1 heterocycles. The number of aliphatic hydroxyl groups is 1. The summed E-state index contributed by atoms with van der Waals surface area (Å²) in [6, 6.07) is 0.452. The van der Waals surface area contributed by atoms with Crippen LogP contribution in [0.4, 0.5) is 0 Å². The highest BCUT2D eigenvalue weighted by Crippen LogP contribution is 2.24. The van der Waals surface area contributed by atoms with Crippen LogP contribution in [-0.2, 0) is 4.79 Å². The maximum absolute atomic E-state index is 10.6. The number of aliphatic hydroxyl groups excluding tert-OH is 1. The van der Waals surface area contributed by atoms with Crippen molar-refractivity contribution in [1.82, 2.24) is 4.90 Å². The molecule has 3 unspecified atom stereocenters. The van der Waals surface area contributed by atoms with E-state index in [1.807, 2.05) is 6.92 Å². The highest BCUT2D eigenvalue weighted by Gasteiger charge is 2.28. The van der Waals surface area contributed by atoms with Gasteiger partial charge in [0.1, 0.15) is 0 Å². The molecule has 0 bridgehead atoms. The summed E-state index contributed by atoms with van der Waals surface area (Å²) >= 11 is 0. The van der Waals surface area contributed by atoms with Crippen LogP contribution < -0.4 is 0 Å². The van der Waals surface area contributed by atoms with Crippen molar-refractivity contribution in [1.29, 1.82) is 0 Å². The Bertz CT molecular complexity index is 230. The van der Waals surface area contributed by atoms with E-state index in [9.17, 15) is 9.90 Å². The maximum Gasteiger partial charge on any atom is 0.303 e. The minimum Gasteiger partial charge on any atom is -0.481 e. The zero-order chi connectivity index (χ0) is 12.1. The minimum atomic E-state index is -0.727. The predicted molar refractivity (Wildman–Crippen MR) is 62.4 cm³/mol. The van der Waals surface area contributed by atoms with Gasteiger partial charge in [0, 0.05) is 18.5 Å². The number of carbonyl (C=O) groups is 1. The van der Waals surface area contributed by atoms with Gasteiger partial charge in [-0.05, 0) is 39.7 Å². The van der Waals surface area contributed by atoms with Crippen molar-refractivity contribution in [3.63, 3.8) is 0 Å². The van der Waals surface area contributed by atoms with Gasteiger partial charge in [0.05, 0.1) is 6.10 Å². The molecule has 0 amide bonds. The molecular weight excluding hydrogens is 206 g/mol. The van der Waals surface area contributed by atoms with Gasteiger partial charge in [-0.3, -0.25) is 9.69 Å². The lowest BCUT2D eigenvalue weighted by Crippen LogP contribution is -2.49. The Morgan fingerprint density at radius 3 is 2.69 bits per heavy atom. The van der Waals surface area contributed by atoms with Crippen molar-refractivity contribution >= 4 is 5.97 Å². The standard InChI is InChI=1S/C12H23NO3/c1-9(10(2)14)13-8-4-3-5-11(13)6-7-12(15)16/h9-11,14H,3-8H2,1-2H3,(H,15,16). The van der Waals surface area contributed by atoms with E-state index in [0.29, 0.717) is 12.5 Å². The first-order chi connectivity index (χ1) is 7.52. The second kappa shape index (κ2) is 6.21. The molecular formula is C12H23NO3. The van der Waals surface area contributed by atoms with Crippen LogP contribution in [0.2, 0.25) is 0 Å². The summed E-state index contributed by atoms with van der Waals surface area (Å²) in [4.78, 5) is 12.9. The molecule has 1 fully saturated rings. The van der Waals surface area contributed by atoms with Gasteiger partial charge in [-0.25, -0.2) is 0 Å². The zero-order valence-electron chi connectivity index (χ0n) is 10.2. The summed E-state index contributed by atoms with van der Waals surface area (Å²) < 4.78 is 0. The molecule has 0 spiro atoms. The van der Waals surface area contributed by atoms with Gasteiger partial charge in [0.25, 0.3) is 0 Å². The average Bonchev–Trinajstić information content (AvgIpc) is 2.25. The van der Waals surface area contributed by atoms with Crippen LogP contribution in [0.25, 0.3) is 0 Å². The average molecular weight is 229 g/mol. The Hall–Kier alpha value is -0.610. The highest BCUT2D eigenvalue weighted by atomic mass is 16.4. The molecule has 3 atom stereocenters. The number of hydrogen-bond acceptors (Lipinski definition) is 3. The molecule has 0 radical (unpaired) electrons. The summed E-state index contributed by atoms with van der Waals surface area (Å²) in [7, 11) is 0. The third-order valence-corrected chi connectivity index (χ3v) is 3.59. The molecule has 1 aliphatic heterocycles. The molecule has 1 saturated heterocycles. The van der Waals surface area contributed by atoms with Crippen LogP contribution in [0.3, 0.4) is 0 Å². The van der Waals surface area contributed by atoms with E-state index in [1.54, 1.807) is 6.92 Å². The lowest BCUT2D eigenvalue weighted by Gasteiger charge is -2.41. The van der Waals surface area contributed by atoms with Crippen molar-refractivity contribution in [2.75, 3.05) is 6.54 Å². The molecule has 2 N–H and O–H groups in total. The number of hydrogen-bond donors (Lipinski definition) is 2. The van der Waals surface area contributed by atoms with Crippen LogP contribution in [0.1, 0.15) is 46.0 Å². The number of nitrogens with zero attached hydrogens (tertiary/aromatic N) is 1. The first-order valence-electron chi connectivity index (χ1n) is 6.18. The number of rotatable bonds is 5. The number of piperidine rings is 1. The fourth-order valence-electron chi connectivity index (χ4n) is 2.44. The van der Waals surface area contributed by atoms with Crippen molar-refractivity contribution < 1.29 is 15.0 Å². The van der Waals surface area contributed by atoms with Crippen molar-refractivity contribution in [2.45, 2.75) is 64.1 Å². The molecule has 16 heavy (non-hydrogen) atoms. The van der Waals surface area contributed by atoms with Crippen molar-refractivity contribution in [3.8, 4) is 0 Å². The molecule has 0 aliphatic carbocycles. The molecule has 4 heteroatoms. The summed E-state index contributed by atoms with van der Waals surface area (Å²) in [5, 5.41) is 18.3. The Balaban J connectivity index is 2.53. The lowest BCUT2D eigenvalue weighted by molar-refractivity contribution is -0.137. The molecule has 94 valence electrons. The first-order valence-corrected chi connectivity index (χ1v) is 6.18. The van der Waals surface area contributed by atoms with E-state index in [1.165, 1.54) is 6.42 Å².